The van der Waals surface area contributed by atoms with Crippen LogP contribution in [0.5, 0.6) is 0 Å². The summed E-state index contributed by atoms with van der Waals surface area (Å²) in [7, 11) is 0. The summed E-state index contributed by atoms with van der Waals surface area (Å²) in [6, 6.07) is 5.57. The third-order valence-electron chi connectivity index (χ3n) is 4.18. The fourth-order valence-electron chi connectivity index (χ4n) is 2.64. The first-order valence-electron chi connectivity index (χ1n) is 8.12. The van der Waals surface area contributed by atoms with E-state index in [1.807, 2.05) is 0 Å². The van der Waals surface area contributed by atoms with Crippen LogP contribution >= 0.6 is 11.8 Å². The number of pyridine rings is 1. The van der Waals surface area contributed by atoms with Gasteiger partial charge in [-0.2, -0.15) is 11.8 Å². The zero-order valence-corrected chi connectivity index (χ0v) is 14.8. The Kier molecular flexibility index (Phi) is 5.94. The Morgan fingerprint density at radius 2 is 2.14 bits per heavy atom. The largest absolute Gasteiger partial charge is 0.352 e. The number of rotatable bonds is 5. The maximum atomic E-state index is 4.88. The second-order valence-corrected chi connectivity index (χ2v) is 7.71. The summed E-state index contributed by atoms with van der Waals surface area (Å²) in [4.78, 5) is 7.36. The van der Waals surface area contributed by atoms with Crippen molar-refractivity contribution in [3.63, 3.8) is 0 Å². The number of anilines is 1. The second-order valence-electron chi connectivity index (χ2n) is 6.22. The zero-order chi connectivity index (χ0) is 15.4. The quantitative estimate of drug-likeness (QED) is 0.901. The van der Waals surface area contributed by atoms with E-state index in [4.69, 9.17) is 4.98 Å². The molecule has 1 aliphatic heterocycles. The van der Waals surface area contributed by atoms with Gasteiger partial charge in [-0.3, -0.25) is 0 Å². The summed E-state index contributed by atoms with van der Waals surface area (Å²) >= 11 is 2.07. The van der Waals surface area contributed by atoms with Crippen molar-refractivity contribution >= 4 is 17.6 Å². The fraction of sp³-hybridized carbons (Fsp3) is 0.706. The van der Waals surface area contributed by atoms with Gasteiger partial charge < -0.3 is 10.2 Å². The van der Waals surface area contributed by atoms with Crippen molar-refractivity contribution < 1.29 is 0 Å². The van der Waals surface area contributed by atoms with Crippen molar-refractivity contribution in [2.24, 2.45) is 0 Å². The Hall–Kier alpha value is -0.740. The Labute approximate surface area is 133 Å². The lowest BCUT2D eigenvalue weighted by Crippen LogP contribution is -2.45. The summed E-state index contributed by atoms with van der Waals surface area (Å²) in [5, 5.41) is 4.18. The topological polar surface area (TPSA) is 28.2 Å². The molecule has 0 amide bonds. The van der Waals surface area contributed by atoms with Crippen molar-refractivity contribution in [2.75, 3.05) is 17.2 Å². The van der Waals surface area contributed by atoms with Crippen LogP contribution in [0.2, 0.25) is 0 Å². The van der Waals surface area contributed by atoms with Gasteiger partial charge >= 0.3 is 0 Å². The maximum Gasteiger partial charge on any atom is 0.129 e. The predicted octanol–water partition coefficient (Wildman–Crippen LogP) is 3.47. The molecule has 2 rings (SSSR count). The van der Waals surface area contributed by atoms with Crippen molar-refractivity contribution in [3.8, 4) is 0 Å². The molecular weight excluding hydrogens is 278 g/mol. The van der Waals surface area contributed by atoms with E-state index in [0.717, 1.165) is 25.3 Å². The Balaban J connectivity index is 2.23. The average molecular weight is 308 g/mol. The van der Waals surface area contributed by atoms with Crippen LogP contribution in [0.4, 0.5) is 5.82 Å². The average Bonchev–Trinajstić information content (AvgIpc) is 2.47. The lowest BCUT2D eigenvalue weighted by Gasteiger charge is -2.38. The molecule has 2 atom stereocenters. The molecule has 1 aromatic heterocycles. The molecule has 1 N–H and O–H groups in total. The third-order valence-corrected chi connectivity index (χ3v) is 5.52. The highest BCUT2D eigenvalue weighted by Gasteiger charge is 2.26. The molecule has 1 aliphatic rings. The number of aryl methyl sites for hydroxylation is 1. The van der Waals surface area contributed by atoms with Crippen molar-refractivity contribution in [2.45, 2.75) is 64.9 Å². The molecule has 118 valence electrons. The van der Waals surface area contributed by atoms with Crippen LogP contribution < -0.4 is 10.2 Å². The first-order valence-corrected chi connectivity index (χ1v) is 9.17. The van der Waals surface area contributed by atoms with Gasteiger partial charge in [0.25, 0.3) is 0 Å². The minimum atomic E-state index is 0.511. The normalized spacial score (nSPS) is 22.9. The van der Waals surface area contributed by atoms with E-state index in [2.05, 4.69) is 68.7 Å². The number of aromatic nitrogens is 1. The van der Waals surface area contributed by atoms with Gasteiger partial charge in [0.15, 0.2) is 0 Å². The molecule has 21 heavy (non-hydrogen) atoms. The molecule has 0 aliphatic carbocycles. The van der Waals surface area contributed by atoms with Crippen LogP contribution in [0, 0.1) is 0 Å². The second kappa shape index (κ2) is 7.50. The lowest BCUT2D eigenvalue weighted by atomic mass is 10.1. The van der Waals surface area contributed by atoms with Gasteiger partial charge in [0.05, 0.1) is 0 Å². The minimum absolute atomic E-state index is 0.511. The molecule has 3 nitrogen and oxygen atoms in total. The molecule has 2 unspecified atom stereocenters. The van der Waals surface area contributed by atoms with Crippen LogP contribution in [0.15, 0.2) is 12.1 Å². The van der Waals surface area contributed by atoms with Gasteiger partial charge in [0.1, 0.15) is 5.82 Å². The van der Waals surface area contributed by atoms with Crippen molar-refractivity contribution in [3.05, 3.63) is 23.4 Å². The zero-order valence-electron chi connectivity index (χ0n) is 14.0. The van der Waals surface area contributed by atoms with Crippen LogP contribution in [0.1, 0.15) is 45.9 Å². The summed E-state index contributed by atoms with van der Waals surface area (Å²) in [5.74, 6) is 2.36. The summed E-state index contributed by atoms with van der Waals surface area (Å²) < 4.78 is 0. The minimum Gasteiger partial charge on any atom is -0.352 e. The van der Waals surface area contributed by atoms with E-state index >= 15 is 0 Å². The number of hydrogen-bond acceptors (Lipinski definition) is 4. The monoisotopic (exact) mass is 307 g/mol. The molecule has 1 aromatic rings. The van der Waals surface area contributed by atoms with Gasteiger partial charge in [0.2, 0.25) is 0 Å². The highest BCUT2D eigenvalue weighted by molar-refractivity contribution is 8.00. The Morgan fingerprint density at radius 3 is 2.81 bits per heavy atom. The molecular formula is C17H29N3S. The smallest absolute Gasteiger partial charge is 0.129 e. The molecule has 1 saturated heterocycles. The van der Waals surface area contributed by atoms with Crippen LogP contribution in [0.25, 0.3) is 0 Å². The highest BCUT2D eigenvalue weighted by Crippen LogP contribution is 2.28. The van der Waals surface area contributed by atoms with Gasteiger partial charge in [-0.05, 0) is 31.0 Å². The maximum absolute atomic E-state index is 4.88. The predicted molar refractivity (Wildman–Crippen MR) is 94.3 cm³/mol. The highest BCUT2D eigenvalue weighted by atomic mass is 32.2. The number of hydrogen-bond donors (Lipinski definition) is 1. The molecule has 4 heteroatoms. The molecule has 0 spiro atoms. The fourth-order valence-corrected chi connectivity index (χ4v) is 3.74. The van der Waals surface area contributed by atoms with E-state index in [-0.39, 0.29) is 0 Å². The van der Waals surface area contributed by atoms with Gasteiger partial charge in [-0.15, -0.1) is 0 Å². The summed E-state index contributed by atoms with van der Waals surface area (Å²) in [6.45, 7) is 13.2. The van der Waals surface area contributed by atoms with Crippen LogP contribution in [-0.4, -0.2) is 34.6 Å². The van der Waals surface area contributed by atoms with E-state index in [0.29, 0.717) is 17.3 Å². The van der Waals surface area contributed by atoms with Crippen LogP contribution in [0.3, 0.4) is 0 Å². The molecule has 0 bridgehead atoms. The molecule has 0 saturated carbocycles. The number of thioether (sulfide) groups is 1. The summed E-state index contributed by atoms with van der Waals surface area (Å²) in [6.07, 6.45) is 0.995. The van der Waals surface area contributed by atoms with E-state index in [9.17, 15) is 0 Å². The molecule has 0 radical (unpaired) electrons. The molecule has 0 aromatic carbocycles. The van der Waals surface area contributed by atoms with Gasteiger partial charge in [0, 0.05) is 41.9 Å². The third kappa shape index (κ3) is 4.36. The first-order chi connectivity index (χ1) is 10.0. The van der Waals surface area contributed by atoms with Gasteiger partial charge in [-0.25, -0.2) is 4.98 Å². The van der Waals surface area contributed by atoms with Crippen LogP contribution in [-0.2, 0) is 13.0 Å². The number of nitrogens with zero attached hydrogens (tertiary/aromatic N) is 2. The van der Waals surface area contributed by atoms with E-state index < -0.39 is 0 Å². The van der Waals surface area contributed by atoms with E-state index in [1.54, 1.807) is 0 Å². The first kappa shape index (κ1) is 16.6. The summed E-state index contributed by atoms with van der Waals surface area (Å²) in [5.41, 5.74) is 2.55. The molecule has 2 heterocycles. The van der Waals surface area contributed by atoms with Gasteiger partial charge in [-0.1, -0.05) is 27.7 Å². The number of nitrogens with one attached hydrogen (secondary N) is 1. The van der Waals surface area contributed by atoms with E-state index in [1.165, 1.54) is 17.0 Å². The van der Waals surface area contributed by atoms with Crippen molar-refractivity contribution in [1.82, 2.24) is 10.3 Å². The standard InChI is InChI=1S/C17H29N3S/c1-6-16-9-15(11-18-12(2)3)10-17(19-16)20-7-8-21-14(5)13(20)4/h9-10,12-14,18H,6-8,11H2,1-5H3. The SMILES string of the molecule is CCc1cc(CNC(C)C)cc(N2CCSC(C)C2C)n1. The Morgan fingerprint density at radius 1 is 1.38 bits per heavy atom. The van der Waals surface area contributed by atoms with Crippen molar-refractivity contribution in [1.29, 1.82) is 0 Å². The molecule has 1 fully saturated rings. The Bertz CT molecular complexity index is 461. The lowest BCUT2D eigenvalue weighted by molar-refractivity contribution is 0.586.